The van der Waals surface area contributed by atoms with Crippen molar-refractivity contribution in [1.82, 2.24) is 10.3 Å². The lowest BCUT2D eigenvalue weighted by atomic mass is 10.0. The predicted molar refractivity (Wildman–Crippen MR) is 101 cm³/mol. The first-order chi connectivity index (χ1) is 13.4. The lowest BCUT2D eigenvalue weighted by Gasteiger charge is -2.16. The van der Waals surface area contributed by atoms with E-state index in [0.717, 1.165) is 4.90 Å². The molecule has 3 aliphatic rings. The highest BCUT2D eigenvalue weighted by atomic mass is 16.5. The van der Waals surface area contributed by atoms with Crippen molar-refractivity contribution in [2.75, 3.05) is 4.90 Å². The summed E-state index contributed by atoms with van der Waals surface area (Å²) in [5.41, 5.74) is 1.92. The lowest BCUT2D eigenvalue weighted by molar-refractivity contribution is -0.121. The van der Waals surface area contributed by atoms with Crippen LogP contribution in [-0.4, -0.2) is 22.5 Å². The second-order valence-corrected chi connectivity index (χ2v) is 8.08. The molecule has 2 fully saturated rings. The molecule has 1 aromatic heterocycles. The van der Waals surface area contributed by atoms with Gasteiger partial charge in [-0.05, 0) is 61.9 Å². The molecule has 7 heteroatoms. The van der Waals surface area contributed by atoms with Crippen molar-refractivity contribution in [2.45, 2.75) is 44.9 Å². The van der Waals surface area contributed by atoms with Crippen molar-refractivity contribution in [3.8, 4) is 11.6 Å². The fourth-order valence-electron chi connectivity index (χ4n) is 3.76. The predicted octanol–water partition coefficient (Wildman–Crippen LogP) is 3.69. The van der Waals surface area contributed by atoms with Gasteiger partial charge in [0.05, 0.1) is 24.6 Å². The fourth-order valence-corrected chi connectivity index (χ4v) is 3.76. The molecule has 1 aromatic carbocycles. The summed E-state index contributed by atoms with van der Waals surface area (Å²) in [6, 6.07) is 8.84. The molecular formula is C21H21N3O4. The van der Waals surface area contributed by atoms with Gasteiger partial charge in [-0.3, -0.25) is 4.79 Å². The Bertz CT molecular complexity index is 966. The average molecular weight is 379 g/mol. The van der Waals surface area contributed by atoms with Crippen LogP contribution in [0.5, 0.6) is 11.6 Å². The molecule has 1 aliphatic carbocycles. The number of imide groups is 1. The topological polar surface area (TPSA) is 80.8 Å². The average Bonchev–Trinajstić information content (AvgIpc) is 3.37. The first-order valence-corrected chi connectivity index (χ1v) is 9.47. The fraction of sp³-hybridized carbons (Fsp3) is 0.381. The van der Waals surface area contributed by atoms with Crippen LogP contribution in [0.15, 0.2) is 36.5 Å². The van der Waals surface area contributed by atoms with Gasteiger partial charge in [-0.1, -0.05) is 6.07 Å². The molecule has 5 rings (SSSR count). The molecule has 0 radical (unpaired) electrons. The number of ether oxygens (including phenoxy) is 2. The SMILES string of the molecule is CC1(C)NC(=O)N(c2ccc(Oc3ccc4c(c3)C(C3CC3)OC4)nc2)C1=O. The molecule has 3 amide bonds. The van der Waals surface area contributed by atoms with E-state index in [1.165, 1.54) is 30.2 Å². The van der Waals surface area contributed by atoms with Gasteiger partial charge in [0.15, 0.2) is 0 Å². The number of benzene rings is 1. The van der Waals surface area contributed by atoms with Crippen LogP contribution in [0.4, 0.5) is 10.5 Å². The highest BCUT2D eigenvalue weighted by Gasteiger charge is 2.45. The highest BCUT2D eigenvalue weighted by molar-refractivity contribution is 6.22. The summed E-state index contributed by atoms with van der Waals surface area (Å²) >= 11 is 0. The maximum Gasteiger partial charge on any atom is 0.329 e. The van der Waals surface area contributed by atoms with Gasteiger partial charge in [-0.25, -0.2) is 14.7 Å². The maximum atomic E-state index is 12.4. The van der Waals surface area contributed by atoms with Gasteiger partial charge in [-0.15, -0.1) is 0 Å². The number of nitrogens with one attached hydrogen (secondary N) is 1. The van der Waals surface area contributed by atoms with Gasteiger partial charge in [0.25, 0.3) is 5.91 Å². The number of carbonyl (C=O) groups is 2. The molecule has 2 aromatic rings. The first-order valence-electron chi connectivity index (χ1n) is 9.47. The van der Waals surface area contributed by atoms with E-state index < -0.39 is 11.6 Å². The number of hydrogen-bond donors (Lipinski definition) is 1. The molecule has 2 aliphatic heterocycles. The molecule has 0 spiro atoms. The van der Waals surface area contributed by atoms with Crippen LogP contribution in [0.3, 0.4) is 0 Å². The van der Waals surface area contributed by atoms with Crippen LogP contribution in [0.2, 0.25) is 0 Å². The minimum Gasteiger partial charge on any atom is -0.439 e. The van der Waals surface area contributed by atoms with Gasteiger partial charge in [0.1, 0.15) is 11.3 Å². The number of nitrogens with zero attached hydrogens (tertiary/aromatic N) is 2. The van der Waals surface area contributed by atoms with Crippen LogP contribution in [0.1, 0.15) is 43.9 Å². The van der Waals surface area contributed by atoms with Crippen LogP contribution in [0, 0.1) is 5.92 Å². The molecule has 0 bridgehead atoms. The minimum absolute atomic E-state index is 0.178. The quantitative estimate of drug-likeness (QED) is 0.820. The van der Waals surface area contributed by atoms with Crippen molar-refractivity contribution in [2.24, 2.45) is 5.92 Å². The van der Waals surface area contributed by atoms with E-state index >= 15 is 0 Å². The molecule has 1 unspecified atom stereocenters. The van der Waals surface area contributed by atoms with E-state index in [-0.39, 0.29) is 12.0 Å². The number of aromatic nitrogens is 1. The minimum atomic E-state index is -0.920. The van der Waals surface area contributed by atoms with Crippen LogP contribution in [0.25, 0.3) is 0 Å². The Morgan fingerprint density at radius 1 is 1.21 bits per heavy atom. The molecule has 1 N–H and O–H groups in total. The Balaban J connectivity index is 1.34. The van der Waals surface area contributed by atoms with Crippen LogP contribution >= 0.6 is 0 Å². The van der Waals surface area contributed by atoms with Crippen molar-refractivity contribution >= 4 is 17.6 Å². The second kappa shape index (κ2) is 6.04. The molecule has 1 atom stereocenters. The highest BCUT2D eigenvalue weighted by Crippen LogP contribution is 2.48. The number of urea groups is 1. The Hall–Kier alpha value is -2.93. The van der Waals surface area contributed by atoms with E-state index in [4.69, 9.17) is 9.47 Å². The third-order valence-electron chi connectivity index (χ3n) is 5.45. The maximum absolute atomic E-state index is 12.4. The van der Waals surface area contributed by atoms with Gasteiger partial charge in [0, 0.05) is 6.07 Å². The summed E-state index contributed by atoms with van der Waals surface area (Å²) in [6.45, 7) is 4.00. The van der Waals surface area contributed by atoms with E-state index in [2.05, 4.69) is 10.3 Å². The standard InChI is InChI=1S/C21H21N3O4/c1-21(2)19(25)24(20(26)23-21)14-6-8-17(22-10-14)28-15-7-5-13-11-27-18(12-3-4-12)16(13)9-15/h5-10,12,18H,3-4,11H2,1-2H3,(H,23,26). The van der Waals surface area contributed by atoms with Gasteiger partial charge < -0.3 is 14.8 Å². The number of anilines is 1. The normalized spacial score (nSPS) is 22.9. The summed E-state index contributed by atoms with van der Waals surface area (Å²) < 4.78 is 11.8. The summed E-state index contributed by atoms with van der Waals surface area (Å²) in [5.74, 6) is 1.42. The van der Waals surface area contributed by atoms with E-state index in [1.807, 2.05) is 18.2 Å². The summed E-state index contributed by atoms with van der Waals surface area (Å²) in [4.78, 5) is 29.9. The smallest absolute Gasteiger partial charge is 0.329 e. The van der Waals surface area contributed by atoms with E-state index in [1.54, 1.807) is 26.0 Å². The molecule has 3 heterocycles. The Labute approximate surface area is 162 Å². The summed E-state index contributed by atoms with van der Waals surface area (Å²) in [5, 5.41) is 2.65. The Morgan fingerprint density at radius 2 is 2.04 bits per heavy atom. The van der Waals surface area contributed by atoms with Crippen LogP contribution in [-0.2, 0) is 16.1 Å². The van der Waals surface area contributed by atoms with E-state index in [0.29, 0.717) is 29.8 Å². The summed E-state index contributed by atoms with van der Waals surface area (Å²) in [7, 11) is 0. The molecule has 1 saturated heterocycles. The second-order valence-electron chi connectivity index (χ2n) is 8.08. The Kier molecular flexibility index (Phi) is 3.71. The molecule has 28 heavy (non-hydrogen) atoms. The zero-order valence-electron chi connectivity index (χ0n) is 15.8. The third-order valence-corrected chi connectivity index (χ3v) is 5.45. The largest absolute Gasteiger partial charge is 0.439 e. The number of rotatable bonds is 4. The van der Waals surface area contributed by atoms with Crippen molar-refractivity contribution < 1.29 is 19.1 Å². The molecular weight excluding hydrogens is 358 g/mol. The number of hydrogen-bond acceptors (Lipinski definition) is 5. The zero-order chi connectivity index (χ0) is 19.5. The van der Waals surface area contributed by atoms with Gasteiger partial charge in [-0.2, -0.15) is 0 Å². The van der Waals surface area contributed by atoms with Crippen LogP contribution < -0.4 is 15.0 Å². The third kappa shape index (κ3) is 2.82. The molecule has 1 saturated carbocycles. The number of amides is 3. The number of pyridine rings is 1. The number of fused-ring (bicyclic) bond motifs is 1. The zero-order valence-corrected chi connectivity index (χ0v) is 15.8. The number of carbonyl (C=O) groups excluding carboxylic acids is 2. The van der Waals surface area contributed by atoms with Crippen molar-refractivity contribution in [3.63, 3.8) is 0 Å². The lowest BCUT2D eigenvalue weighted by Crippen LogP contribution is -2.40. The van der Waals surface area contributed by atoms with Crippen molar-refractivity contribution in [3.05, 3.63) is 47.7 Å². The molecule has 7 nitrogen and oxygen atoms in total. The monoisotopic (exact) mass is 379 g/mol. The molecule has 144 valence electrons. The van der Waals surface area contributed by atoms with E-state index in [9.17, 15) is 9.59 Å². The van der Waals surface area contributed by atoms with Gasteiger partial charge in [0.2, 0.25) is 5.88 Å². The van der Waals surface area contributed by atoms with Gasteiger partial charge >= 0.3 is 6.03 Å². The van der Waals surface area contributed by atoms with Crippen molar-refractivity contribution in [1.29, 1.82) is 0 Å². The summed E-state index contributed by atoms with van der Waals surface area (Å²) in [6.07, 6.45) is 4.09. The first kappa shape index (κ1) is 17.2. The Morgan fingerprint density at radius 3 is 2.68 bits per heavy atom.